The molecule has 0 aliphatic carbocycles. The first-order chi connectivity index (χ1) is 5.04. The minimum absolute atomic E-state index is 0.128. The number of hydrogen-bond acceptors (Lipinski definition) is 2. The van der Waals surface area contributed by atoms with Crippen LogP contribution in [0.2, 0.25) is 0 Å². The van der Waals surface area contributed by atoms with Crippen LogP contribution in [0.4, 0.5) is 0 Å². The summed E-state index contributed by atoms with van der Waals surface area (Å²) in [5, 5.41) is 0.641. The first kappa shape index (κ1) is 11.0. The summed E-state index contributed by atoms with van der Waals surface area (Å²) >= 11 is 3.26. The van der Waals surface area contributed by atoms with Crippen LogP contribution in [-0.2, 0) is 9.53 Å². The largest absolute Gasteiger partial charge is 0.465 e. The Kier molecular flexibility index (Phi) is 4.73. The van der Waals surface area contributed by atoms with Gasteiger partial charge in [0, 0.05) is 5.33 Å². The van der Waals surface area contributed by atoms with Crippen molar-refractivity contribution in [2.45, 2.75) is 27.2 Å². The number of carbonyl (C=O) groups is 1. The van der Waals surface area contributed by atoms with Crippen molar-refractivity contribution in [3.05, 3.63) is 0 Å². The van der Waals surface area contributed by atoms with Crippen molar-refractivity contribution in [2.24, 2.45) is 5.41 Å². The van der Waals surface area contributed by atoms with E-state index in [1.54, 1.807) is 0 Å². The number of carbonyl (C=O) groups excluding carboxylic acids is 1. The molecule has 0 N–H and O–H groups in total. The van der Waals surface area contributed by atoms with E-state index < -0.39 is 5.41 Å². The SMILES string of the molecule is CCCOC(=O)C(C)(C)CBr. The second-order valence-electron chi connectivity index (χ2n) is 3.15. The van der Waals surface area contributed by atoms with E-state index >= 15 is 0 Å². The number of rotatable bonds is 4. The van der Waals surface area contributed by atoms with E-state index in [4.69, 9.17) is 4.74 Å². The summed E-state index contributed by atoms with van der Waals surface area (Å²) in [4.78, 5) is 11.2. The van der Waals surface area contributed by atoms with Crippen LogP contribution in [0.3, 0.4) is 0 Å². The molecule has 0 rings (SSSR count). The van der Waals surface area contributed by atoms with Gasteiger partial charge >= 0.3 is 5.97 Å². The lowest BCUT2D eigenvalue weighted by Gasteiger charge is -2.18. The zero-order chi connectivity index (χ0) is 8.91. The van der Waals surface area contributed by atoms with E-state index in [1.807, 2.05) is 20.8 Å². The third kappa shape index (κ3) is 3.75. The summed E-state index contributed by atoms with van der Waals surface area (Å²) < 4.78 is 4.98. The molecular weight excluding hydrogens is 208 g/mol. The Balaban J connectivity index is 3.82. The van der Waals surface area contributed by atoms with Crippen molar-refractivity contribution in [2.75, 3.05) is 11.9 Å². The van der Waals surface area contributed by atoms with E-state index in [0.29, 0.717) is 11.9 Å². The second-order valence-corrected chi connectivity index (χ2v) is 3.71. The molecule has 66 valence electrons. The van der Waals surface area contributed by atoms with Crippen molar-refractivity contribution in [3.8, 4) is 0 Å². The molecule has 0 saturated heterocycles. The second kappa shape index (κ2) is 4.75. The Morgan fingerprint density at radius 1 is 1.55 bits per heavy atom. The highest BCUT2D eigenvalue weighted by molar-refractivity contribution is 9.09. The van der Waals surface area contributed by atoms with Gasteiger partial charge in [-0.25, -0.2) is 0 Å². The van der Waals surface area contributed by atoms with E-state index in [2.05, 4.69) is 15.9 Å². The predicted molar refractivity (Wildman–Crippen MR) is 48.8 cm³/mol. The molecule has 11 heavy (non-hydrogen) atoms. The maximum absolute atomic E-state index is 11.2. The zero-order valence-electron chi connectivity index (χ0n) is 7.32. The molecule has 2 nitrogen and oxygen atoms in total. The molecule has 0 fully saturated rings. The minimum atomic E-state index is -0.394. The van der Waals surface area contributed by atoms with Crippen LogP contribution in [-0.4, -0.2) is 17.9 Å². The van der Waals surface area contributed by atoms with Gasteiger partial charge in [-0.1, -0.05) is 22.9 Å². The van der Waals surface area contributed by atoms with Gasteiger partial charge in [0.15, 0.2) is 0 Å². The van der Waals surface area contributed by atoms with Gasteiger partial charge in [0.05, 0.1) is 12.0 Å². The van der Waals surface area contributed by atoms with Crippen molar-refractivity contribution in [3.63, 3.8) is 0 Å². The molecule has 0 saturated carbocycles. The molecule has 0 aromatic rings. The summed E-state index contributed by atoms with van der Waals surface area (Å²) in [6.07, 6.45) is 0.879. The number of alkyl halides is 1. The molecule has 0 amide bonds. The van der Waals surface area contributed by atoms with Crippen LogP contribution in [0, 0.1) is 5.41 Å². The predicted octanol–water partition coefficient (Wildman–Crippen LogP) is 2.36. The van der Waals surface area contributed by atoms with Crippen LogP contribution in [0.5, 0.6) is 0 Å². The van der Waals surface area contributed by atoms with Gasteiger partial charge in [-0.05, 0) is 20.3 Å². The zero-order valence-corrected chi connectivity index (χ0v) is 8.90. The fraction of sp³-hybridized carbons (Fsp3) is 0.875. The molecule has 0 radical (unpaired) electrons. The van der Waals surface area contributed by atoms with Gasteiger partial charge < -0.3 is 4.74 Å². The summed E-state index contributed by atoms with van der Waals surface area (Å²) in [5.74, 6) is -0.128. The first-order valence-corrected chi connectivity index (χ1v) is 4.90. The van der Waals surface area contributed by atoms with Gasteiger partial charge in [-0.3, -0.25) is 4.79 Å². The average Bonchev–Trinajstić information content (AvgIpc) is 2.00. The Bertz CT molecular complexity index is 132. The van der Waals surface area contributed by atoms with Crippen molar-refractivity contribution >= 4 is 21.9 Å². The number of hydrogen-bond donors (Lipinski definition) is 0. The molecule has 0 aliphatic heterocycles. The lowest BCUT2D eigenvalue weighted by Crippen LogP contribution is -2.28. The van der Waals surface area contributed by atoms with Crippen LogP contribution >= 0.6 is 15.9 Å². The van der Waals surface area contributed by atoms with E-state index in [-0.39, 0.29) is 5.97 Å². The van der Waals surface area contributed by atoms with Crippen molar-refractivity contribution < 1.29 is 9.53 Å². The summed E-state index contributed by atoms with van der Waals surface area (Å²) in [6.45, 7) is 6.23. The van der Waals surface area contributed by atoms with Gasteiger partial charge in [-0.15, -0.1) is 0 Å². The van der Waals surface area contributed by atoms with Crippen LogP contribution in [0.15, 0.2) is 0 Å². The first-order valence-electron chi connectivity index (χ1n) is 3.77. The maximum Gasteiger partial charge on any atom is 0.312 e. The monoisotopic (exact) mass is 222 g/mol. The highest BCUT2D eigenvalue weighted by Gasteiger charge is 2.27. The van der Waals surface area contributed by atoms with Gasteiger partial charge in [0.1, 0.15) is 0 Å². The number of ether oxygens (including phenoxy) is 1. The summed E-state index contributed by atoms with van der Waals surface area (Å²) in [6, 6.07) is 0. The van der Waals surface area contributed by atoms with Gasteiger partial charge in [-0.2, -0.15) is 0 Å². The molecule has 0 atom stereocenters. The fourth-order valence-electron chi connectivity index (χ4n) is 0.445. The Morgan fingerprint density at radius 3 is 2.45 bits per heavy atom. The topological polar surface area (TPSA) is 26.3 Å². The van der Waals surface area contributed by atoms with E-state index in [0.717, 1.165) is 6.42 Å². The van der Waals surface area contributed by atoms with Crippen molar-refractivity contribution in [1.29, 1.82) is 0 Å². The van der Waals surface area contributed by atoms with E-state index in [9.17, 15) is 4.79 Å². The molecule has 0 aliphatic rings. The third-order valence-electron chi connectivity index (χ3n) is 1.32. The summed E-state index contributed by atoms with van der Waals surface area (Å²) in [7, 11) is 0. The normalized spacial score (nSPS) is 11.3. The molecule has 0 heterocycles. The lowest BCUT2D eigenvalue weighted by molar-refractivity contribution is -0.152. The smallest absolute Gasteiger partial charge is 0.312 e. The molecule has 0 spiro atoms. The third-order valence-corrected chi connectivity index (χ3v) is 2.73. The number of esters is 1. The molecular formula is C8H15BrO2. The molecule has 3 heteroatoms. The Hall–Kier alpha value is -0.0500. The highest BCUT2D eigenvalue weighted by Crippen LogP contribution is 2.19. The van der Waals surface area contributed by atoms with Gasteiger partial charge in [0.2, 0.25) is 0 Å². The van der Waals surface area contributed by atoms with E-state index in [1.165, 1.54) is 0 Å². The lowest BCUT2D eigenvalue weighted by atomic mass is 9.97. The van der Waals surface area contributed by atoms with Crippen LogP contribution in [0.25, 0.3) is 0 Å². The van der Waals surface area contributed by atoms with Crippen LogP contribution in [0.1, 0.15) is 27.2 Å². The Morgan fingerprint density at radius 2 is 2.09 bits per heavy atom. The quantitative estimate of drug-likeness (QED) is 0.540. The molecule has 0 aromatic carbocycles. The average molecular weight is 223 g/mol. The van der Waals surface area contributed by atoms with Gasteiger partial charge in [0.25, 0.3) is 0 Å². The number of halogens is 1. The van der Waals surface area contributed by atoms with Crippen LogP contribution < -0.4 is 0 Å². The fourth-order valence-corrected chi connectivity index (χ4v) is 0.674. The summed E-state index contributed by atoms with van der Waals surface area (Å²) in [5.41, 5.74) is -0.394. The molecule has 0 aromatic heterocycles. The van der Waals surface area contributed by atoms with Crippen molar-refractivity contribution in [1.82, 2.24) is 0 Å². The minimum Gasteiger partial charge on any atom is -0.465 e. The standard InChI is InChI=1S/C8H15BrO2/c1-4-5-11-7(10)8(2,3)6-9/h4-6H2,1-3H3. The molecule has 0 bridgehead atoms. The highest BCUT2D eigenvalue weighted by atomic mass is 79.9. The maximum atomic E-state index is 11.2. The Labute approximate surface area is 76.4 Å². The molecule has 0 unspecified atom stereocenters.